The van der Waals surface area contributed by atoms with Crippen molar-refractivity contribution in [3.63, 3.8) is 0 Å². The minimum absolute atomic E-state index is 0.0796. The van der Waals surface area contributed by atoms with Gasteiger partial charge in [-0.25, -0.2) is 8.78 Å². The number of aliphatic hydroxyl groups excluding tert-OH is 1. The van der Waals surface area contributed by atoms with Gasteiger partial charge in [0.05, 0.1) is 16.1 Å². The van der Waals surface area contributed by atoms with Crippen molar-refractivity contribution in [1.82, 2.24) is 14.7 Å². The molecule has 5 rings (SSSR count). The molecule has 3 heterocycles. The summed E-state index contributed by atoms with van der Waals surface area (Å²) in [6, 6.07) is 6.40. The first kappa shape index (κ1) is 27.6. The molecule has 0 bridgehead atoms. The Kier molecular flexibility index (Phi) is 8.38. The quantitative estimate of drug-likeness (QED) is 0.500. The molecule has 1 aromatic rings. The largest absolute Gasteiger partial charge is 0.393 e. The van der Waals surface area contributed by atoms with Crippen LogP contribution in [0.15, 0.2) is 18.2 Å². The van der Waals surface area contributed by atoms with E-state index in [1.165, 1.54) is 0 Å². The summed E-state index contributed by atoms with van der Waals surface area (Å²) < 4.78 is 27.4. The lowest BCUT2D eigenvalue weighted by Crippen LogP contribution is -2.61. The van der Waals surface area contributed by atoms with Crippen LogP contribution in [0.2, 0.25) is 10.0 Å². The van der Waals surface area contributed by atoms with Crippen molar-refractivity contribution < 1.29 is 18.7 Å². The molecule has 1 aliphatic carbocycles. The molecule has 0 unspecified atom stereocenters. The second-order valence-electron chi connectivity index (χ2n) is 11.9. The van der Waals surface area contributed by atoms with Gasteiger partial charge in [-0.2, -0.15) is 0 Å². The Hall–Kier alpha value is -0.990. The number of benzene rings is 1. The number of amides is 1. The van der Waals surface area contributed by atoms with Gasteiger partial charge in [0.1, 0.15) is 0 Å². The molecule has 1 atom stereocenters. The van der Waals surface area contributed by atoms with Crippen molar-refractivity contribution in [1.29, 1.82) is 0 Å². The van der Waals surface area contributed by atoms with Crippen molar-refractivity contribution >= 4 is 29.1 Å². The van der Waals surface area contributed by atoms with E-state index in [4.69, 9.17) is 23.2 Å². The number of nitrogens with zero attached hydrogens (tertiary/aromatic N) is 3. The third kappa shape index (κ3) is 6.43. The molecule has 206 valence electrons. The summed E-state index contributed by atoms with van der Waals surface area (Å²) in [4.78, 5) is 19.9. The molecule has 3 aliphatic heterocycles. The minimum atomic E-state index is -2.56. The first-order chi connectivity index (χ1) is 17.6. The third-order valence-corrected chi connectivity index (χ3v) is 10.1. The first-order valence-electron chi connectivity index (χ1n) is 13.9. The summed E-state index contributed by atoms with van der Waals surface area (Å²) in [6.45, 7) is 6.10. The van der Waals surface area contributed by atoms with Gasteiger partial charge >= 0.3 is 0 Å². The topological polar surface area (TPSA) is 47.0 Å². The van der Waals surface area contributed by atoms with Gasteiger partial charge in [0.2, 0.25) is 11.8 Å². The second kappa shape index (κ2) is 11.2. The van der Waals surface area contributed by atoms with Crippen LogP contribution in [0, 0.1) is 5.92 Å². The Balaban J connectivity index is 1.25. The summed E-state index contributed by atoms with van der Waals surface area (Å²) in [7, 11) is 0. The van der Waals surface area contributed by atoms with Crippen LogP contribution in [-0.2, 0) is 10.2 Å². The van der Waals surface area contributed by atoms with E-state index in [0.29, 0.717) is 48.4 Å². The van der Waals surface area contributed by atoms with Gasteiger partial charge in [-0.3, -0.25) is 9.69 Å². The standard InChI is InChI=1S/C28H39Cl2F2N3O2/c29-24-2-1-21(15-25(24)30)27(11-14-33-17-22(18-33)34-12-6-23(36)7-13-34)8-5-26(37)35(19-27)16-20-3-9-28(31,32)10-4-20/h1-2,15,20,22-23,36H,3-14,16-19H2/t27-/m1/s1. The zero-order valence-electron chi connectivity index (χ0n) is 21.5. The van der Waals surface area contributed by atoms with Crippen LogP contribution in [0.4, 0.5) is 8.78 Å². The average Bonchev–Trinajstić information content (AvgIpc) is 2.84. The smallest absolute Gasteiger partial charge is 0.248 e. The van der Waals surface area contributed by atoms with E-state index in [1.54, 1.807) is 0 Å². The normalized spacial score (nSPS) is 29.0. The number of alkyl halides is 2. The minimum Gasteiger partial charge on any atom is -0.393 e. The molecule has 1 aromatic carbocycles. The van der Waals surface area contributed by atoms with Gasteiger partial charge in [-0.15, -0.1) is 0 Å². The fourth-order valence-corrected chi connectivity index (χ4v) is 7.08. The van der Waals surface area contributed by atoms with E-state index in [1.807, 2.05) is 23.1 Å². The predicted molar refractivity (Wildman–Crippen MR) is 143 cm³/mol. The number of halogens is 4. The molecule has 1 saturated carbocycles. The van der Waals surface area contributed by atoms with Gasteiger partial charge in [-0.1, -0.05) is 29.3 Å². The van der Waals surface area contributed by atoms with E-state index >= 15 is 0 Å². The number of likely N-dealkylation sites (tertiary alicyclic amines) is 3. The molecule has 1 N–H and O–H groups in total. The molecular formula is C28H39Cl2F2N3O2. The molecule has 37 heavy (non-hydrogen) atoms. The molecule has 0 aromatic heterocycles. The highest BCUT2D eigenvalue weighted by Gasteiger charge is 2.43. The lowest BCUT2D eigenvalue weighted by Gasteiger charge is -2.49. The number of hydrogen-bond acceptors (Lipinski definition) is 4. The molecule has 0 radical (unpaired) electrons. The van der Waals surface area contributed by atoms with Gasteiger partial charge in [0, 0.05) is 70.0 Å². The summed E-state index contributed by atoms with van der Waals surface area (Å²) in [5, 5.41) is 10.8. The van der Waals surface area contributed by atoms with Crippen LogP contribution in [0.3, 0.4) is 0 Å². The van der Waals surface area contributed by atoms with Gasteiger partial charge in [0.25, 0.3) is 0 Å². The van der Waals surface area contributed by atoms with Crippen molar-refractivity contribution in [2.45, 2.75) is 81.3 Å². The highest BCUT2D eigenvalue weighted by Crippen LogP contribution is 2.42. The molecule has 3 saturated heterocycles. The summed E-state index contributed by atoms with van der Waals surface area (Å²) in [6.07, 6.45) is 4.47. The number of piperidine rings is 2. The molecular weight excluding hydrogens is 519 g/mol. The lowest BCUT2D eigenvalue weighted by molar-refractivity contribution is -0.137. The van der Waals surface area contributed by atoms with Crippen LogP contribution in [0.5, 0.6) is 0 Å². The number of carbonyl (C=O) groups is 1. The van der Waals surface area contributed by atoms with Gasteiger partial charge < -0.3 is 14.9 Å². The number of carbonyl (C=O) groups excluding carboxylic acids is 1. The van der Waals surface area contributed by atoms with Crippen LogP contribution >= 0.6 is 23.2 Å². The zero-order valence-corrected chi connectivity index (χ0v) is 23.0. The monoisotopic (exact) mass is 557 g/mol. The molecule has 0 spiro atoms. The number of hydrogen-bond donors (Lipinski definition) is 1. The maximum absolute atomic E-state index is 13.7. The zero-order chi connectivity index (χ0) is 26.2. The highest BCUT2D eigenvalue weighted by molar-refractivity contribution is 6.42. The van der Waals surface area contributed by atoms with Crippen molar-refractivity contribution in [2.75, 3.05) is 45.8 Å². The van der Waals surface area contributed by atoms with Crippen LogP contribution in [-0.4, -0.2) is 89.6 Å². The summed E-state index contributed by atoms with van der Waals surface area (Å²) >= 11 is 12.7. The van der Waals surface area contributed by atoms with Crippen LogP contribution in [0.1, 0.15) is 63.4 Å². The van der Waals surface area contributed by atoms with Crippen molar-refractivity contribution in [2.24, 2.45) is 5.92 Å². The van der Waals surface area contributed by atoms with E-state index in [-0.39, 0.29) is 36.2 Å². The fraction of sp³-hybridized carbons (Fsp3) is 0.750. The fourth-order valence-electron chi connectivity index (χ4n) is 6.79. The molecule has 4 fully saturated rings. The Morgan fingerprint density at radius 1 is 1.00 bits per heavy atom. The summed E-state index contributed by atoms with van der Waals surface area (Å²) in [5.41, 5.74) is 0.873. The van der Waals surface area contributed by atoms with E-state index in [0.717, 1.165) is 64.0 Å². The number of rotatable bonds is 7. The molecule has 9 heteroatoms. The highest BCUT2D eigenvalue weighted by atomic mass is 35.5. The predicted octanol–water partition coefficient (Wildman–Crippen LogP) is 5.21. The first-order valence-corrected chi connectivity index (χ1v) is 14.6. The molecule has 5 nitrogen and oxygen atoms in total. The van der Waals surface area contributed by atoms with E-state index in [9.17, 15) is 18.7 Å². The van der Waals surface area contributed by atoms with Crippen LogP contribution < -0.4 is 0 Å². The Morgan fingerprint density at radius 2 is 1.70 bits per heavy atom. The summed E-state index contributed by atoms with van der Waals surface area (Å²) in [5.74, 6) is -2.30. The number of aliphatic hydroxyl groups is 1. The maximum Gasteiger partial charge on any atom is 0.248 e. The Labute approximate surface area is 229 Å². The van der Waals surface area contributed by atoms with Crippen molar-refractivity contribution in [3.05, 3.63) is 33.8 Å². The van der Waals surface area contributed by atoms with Gasteiger partial charge in [-0.05, 0) is 68.7 Å². The maximum atomic E-state index is 13.7. The van der Waals surface area contributed by atoms with Crippen LogP contribution in [0.25, 0.3) is 0 Å². The van der Waals surface area contributed by atoms with Gasteiger partial charge in [0.15, 0.2) is 0 Å². The molecule has 1 amide bonds. The van der Waals surface area contributed by atoms with Crippen molar-refractivity contribution in [3.8, 4) is 0 Å². The van der Waals surface area contributed by atoms with E-state index < -0.39 is 5.92 Å². The third-order valence-electron chi connectivity index (χ3n) is 9.37. The average molecular weight is 559 g/mol. The SMILES string of the molecule is O=C1CC[C@](CCN2CC(N3CCC(O)CC3)C2)(c2ccc(Cl)c(Cl)c2)CN1CC1CCC(F)(F)CC1. The molecule has 4 aliphatic rings. The van der Waals surface area contributed by atoms with E-state index in [2.05, 4.69) is 9.80 Å². The second-order valence-corrected chi connectivity index (χ2v) is 12.7. The Bertz CT molecular complexity index is 959. The Morgan fingerprint density at radius 3 is 2.38 bits per heavy atom. The lowest BCUT2D eigenvalue weighted by atomic mass is 9.71.